The number of hydrogen-bond acceptors (Lipinski definition) is 3. The van der Waals surface area contributed by atoms with Crippen LogP contribution in [-0.2, 0) is 10.0 Å². The summed E-state index contributed by atoms with van der Waals surface area (Å²) in [6, 6.07) is 10.2. The van der Waals surface area contributed by atoms with Crippen LogP contribution in [0, 0.1) is 6.92 Å². The fourth-order valence-electron chi connectivity index (χ4n) is 1.78. The van der Waals surface area contributed by atoms with Crippen LogP contribution in [0.15, 0.2) is 47.4 Å². The molecule has 7 heteroatoms. The van der Waals surface area contributed by atoms with Crippen LogP contribution in [0.25, 0.3) is 0 Å². The zero-order valence-corrected chi connectivity index (χ0v) is 12.6. The predicted octanol–water partition coefficient (Wildman–Crippen LogP) is 3.15. The van der Waals surface area contributed by atoms with Gasteiger partial charge in [-0.25, -0.2) is 13.2 Å². The highest BCUT2D eigenvalue weighted by molar-refractivity contribution is 7.92. The van der Waals surface area contributed by atoms with Crippen LogP contribution >= 0.6 is 11.6 Å². The molecule has 2 N–H and O–H groups in total. The molecule has 2 aromatic carbocycles. The number of hydrogen-bond donors (Lipinski definition) is 2. The number of benzene rings is 2. The number of nitrogens with one attached hydrogen (secondary N) is 1. The SMILES string of the molecule is Cc1ccc(C(=O)O)cc1S(=O)(=O)Nc1cccc(Cl)c1. The first-order valence-corrected chi connectivity index (χ1v) is 7.78. The third kappa shape index (κ3) is 3.53. The Balaban J connectivity index is 2.44. The lowest BCUT2D eigenvalue weighted by Crippen LogP contribution is -2.15. The summed E-state index contributed by atoms with van der Waals surface area (Å²) >= 11 is 5.81. The van der Waals surface area contributed by atoms with Gasteiger partial charge in [0.25, 0.3) is 10.0 Å². The van der Waals surface area contributed by atoms with Gasteiger partial charge in [0, 0.05) is 5.02 Å². The van der Waals surface area contributed by atoms with E-state index in [0.717, 1.165) is 6.07 Å². The van der Waals surface area contributed by atoms with E-state index in [4.69, 9.17) is 16.7 Å². The van der Waals surface area contributed by atoms with Gasteiger partial charge in [-0.3, -0.25) is 4.72 Å². The van der Waals surface area contributed by atoms with Crippen LogP contribution in [0.5, 0.6) is 0 Å². The largest absolute Gasteiger partial charge is 0.478 e. The molecule has 0 unspecified atom stereocenters. The minimum atomic E-state index is -3.89. The quantitative estimate of drug-likeness (QED) is 0.904. The van der Waals surface area contributed by atoms with E-state index >= 15 is 0 Å². The molecule has 2 aromatic rings. The molecule has 0 amide bonds. The van der Waals surface area contributed by atoms with E-state index in [1.807, 2.05) is 0 Å². The Bertz CT molecular complexity index is 802. The molecular weight excluding hydrogens is 314 g/mol. The van der Waals surface area contributed by atoms with Crippen molar-refractivity contribution in [2.45, 2.75) is 11.8 Å². The number of carbonyl (C=O) groups is 1. The van der Waals surface area contributed by atoms with E-state index in [1.165, 1.54) is 18.2 Å². The molecule has 110 valence electrons. The second kappa shape index (κ2) is 5.75. The average molecular weight is 326 g/mol. The predicted molar refractivity (Wildman–Crippen MR) is 80.4 cm³/mol. The average Bonchev–Trinajstić information content (AvgIpc) is 2.38. The number of anilines is 1. The molecule has 5 nitrogen and oxygen atoms in total. The molecule has 0 heterocycles. The Morgan fingerprint density at radius 3 is 2.52 bits per heavy atom. The summed E-state index contributed by atoms with van der Waals surface area (Å²) in [4.78, 5) is 10.9. The molecule has 0 atom stereocenters. The number of sulfonamides is 1. The van der Waals surface area contributed by atoms with Gasteiger partial charge in [-0.05, 0) is 42.8 Å². The standard InChI is InChI=1S/C14H12ClNO4S/c1-9-5-6-10(14(17)18)7-13(9)21(19,20)16-12-4-2-3-11(15)8-12/h2-8,16H,1H3,(H,17,18). The molecule has 0 saturated carbocycles. The molecule has 21 heavy (non-hydrogen) atoms. The van der Waals surface area contributed by atoms with E-state index in [-0.39, 0.29) is 10.5 Å². The summed E-state index contributed by atoms with van der Waals surface area (Å²) in [5, 5.41) is 9.35. The summed E-state index contributed by atoms with van der Waals surface area (Å²) in [6.45, 7) is 1.60. The summed E-state index contributed by atoms with van der Waals surface area (Å²) in [5.41, 5.74) is 0.671. The van der Waals surface area contributed by atoms with Crippen molar-refractivity contribution in [2.75, 3.05) is 4.72 Å². The van der Waals surface area contributed by atoms with Gasteiger partial charge in [-0.15, -0.1) is 0 Å². The third-order valence-electron chi connectivity index (χ3n) is 2.80. The monoisotopic (exact) mass is 325 g/mol. The number of carboxylic acids is 1. The lowest BCUT2D eigenvalue weighted by molar-refractivity contribution is 0.0696. The zero-order chi connectivity index (χ0) is 15.6. The first-order valence-electron chi connectivity index (χ1n) is 5.92. The van der Waals surface area contributed by atoms with Gasteiger partial charge in [0.2, 0.25) is 0 Å². The van der Waals surface area contributed by atoms with Crippen molar-refractivity contribution in [2.24, 2.45) is 0 Å². The van der Waals surface area contributed by atoms with Crippen LogP contribution in [0.2, 0.25) is 5.02 Å². The maximum Gasteiger partial charge on any atom is 0.335 e. The maximum absolute atomic E-state index is 12.4. The lowest BCUT2D eigenvalue weighted by Gasteiger charge is -2.11. The van der Waals surface area contributed by atoms with Crippen LogP contribution in [-0.4, -0.2) is 19.5 Å². The van der Waals surface area contributed by atoms with Crippen LogP contribution in [0.3, 0.4) is 0 Å². The smallest absolute Gasteiger partial charge is 0.335 e. The summed E-state index contributed by atoms with van der Waals surface area (Å²) in [5.74, 6) is -1.19. The summed E-state index contributed by atoms with van der Waals surface area (Å²) in [7, 11) is -3.89. The van der Waals surface area contributed by atoms with Crippen molar-refractivity contribution in [3.05, 3.63) is 58.6 Å². The summed E-state index contributed by atoms with van der Waals surface area (Å²) < 4.78 is 27.1. The number of aromatic carboxylic acids is 1. The third-order valence-corrected chi connectivity index (χ3v) is 4.56. The molecule has 2 rings (SSSR count). The highest BCUT2D eigenvalue weighted by Crippen LogP contribution is 2.22. The van der Waals surface area contributed by atoms with E-state index in [2.05, 4.69) is 4.72 Å². The number of aryl methyl sites for hydroxylation is 1. The minimum Gasteiger partial charge on any atom is -0.478 e. The van der Waals surface area contributed by atoms with Gasteiger partial charge >= 0.3 is 5.97 Å². The topological polar surface area (TPSA) is 83.5 Å². The highest BCUT2D eigenvalue weighted by Gasteiger charge is 2.19. The molecule has 0 bridgehead atoms. The lowest BCUT2D eigenvalue weighted by atomic mass is 10.1. The Hall–Kier alpha value is -2.05. The molecule has 0 aliphatic heterocycles. The molecule has 0 spiro atoms. The van der Waals surface area contributed by atoms with E-state index in [1.54, 1.807) is 25.1 Å². The first kappa shape index (κ1) is 15.3. The Morgan fingerprint density at radius 1 is 1.19 bits per heavy atom. The zero-order valence-electron chi connectivity index (χ0n) is 11.0. The highest BCUT2D eigenvalue weighted by atomic mass is 35.5. The van der Waals surface area contributed by atoms with Gasteiger partial charge in [0.1, 0.15) is 0 Å². The number of halogens is 1. The molecule has 0 aliphatic rings. The van der Waals surface area contributed by atoms with Gasteiger partial charge < -0.3 is 5.11 Å². The van der Waals surface area contributed by atoms with Crippen molar-refractivity contribution in [1.82, 2.24) is 0 Å². The van der Waals surface area contributed by atoms with E-state index < -0.39 is 16.0 Å². The van der Waals surface area contributed by atoms with Crippen molar-refractivity contribution >= 4 is 33.3 Å². The molecule has 0 fully saturated rings. The Labute approximate surface area is 127 Å². The Morgan fingerprint density at radius 2 is 1.90 bits per heavy atom. The number of rotatable bonds is 4. The van der Waals surface area contributed by atoms with Crippen molar-refractivity contribution in [1.29, 1.82) is 0 Å². The molecule has 0 radical (unpaired) electrons. The molecule has 0 aliphatic carbocycles. The van der Waals surface area contributed by atoms with Crippen LogP contribution < -0.4 is 4.72 Å². The van der Waals surface area contributed by atoms with E-state index in [9.17, 15) is 13.2 Å². The van der Waals surface area contributed by atoms with Crippen LogP contribution in [0.4, 0.5) is 5.69 Å². The van der Waals surface area contributed by atoms with Crippen molar-refractivity contribution in [3.8, 4) is 0 Å². The molecule has 0 aromatic heterocycles. The maximum atomic E-state index is 12.4. The Kier molecular flexibility index (Phi) is 4.20. The molecule has 0 saturated heterocycles. The normalized spacial score (nSPS) is 11.1. The molecular formula is C14H12ClNO4S. The van der Waals surface area contributed by atoms with Crippen molar-refractivity contribution in [3.63, 3.8) is 0 Å². The fourth-order valence-corrected chi connectivity index (χ4v) is 3.30. The second-order valence-corrected chi connectivity index (χ2v) is 6.49. The first-order chi connectivity index (χ1) is 9.79. The van der Waals surface area contributed by atoms with Gasteiger partial charge in [-0.1, -0.05) is 23.7 Å². The second-order valence-electron chi connectivity index (χ2n) is 4.40. The fraction of sp³-hybridized carbons (Fsp3) is 0.0714. The minimum absolute atomic E-state index is 0.0811. The van der Waals surface area contributed by atoms with Gasteiger partial charge in [-0.2, -0.15) is 0 Å². The van der Waals surface area contributed by atoms with Gasteiger partial charge in [0.05, 0.1) is 16.1 Å². The van der Waals surface area contributed by atoms with E-state index in [0.29, 0.717) is 16.3 Å². The summed E-state index contributed by atoms with van der Waals surface area (Å²) in [6.07, 6.45) is 0. The van der Waals surface area contributed by atoms with Crippen molar-refractivity contribution < 1.29 is 18.3 Å². The van der Waals surface area contributed by atoms with Gasteiger partial charge in [0.15, 0.2) is 0 Å². The van der Waals surface area contributed by atoms with Crippen LogP contribution in [0.1, 0.15) is 15.9 Å². The number of carboxylic acid groups (broad SMARTS) is 1.